The van der Waals surface area contributed by atoms with Crippen LogP contribution in [0.25, 0.3) is 0 Å². The van der Waals surface area contributed by atoms with Gasteiger partial charge in [0.2, 0.25) is 0 Å². The first-order valence-electron chi connectivity index (χ1n) is 6.19. The minimum Gasteiger partial charge on any atom is -0.399 e. The van der Waals surface area contributed by atoms with E-state index < -0.39 is 0 Å². The highest BCUT2D eigenvalue weighted by Crippen LogP contribution is 2.25. The molecule has 1 amide bonds. The van der Waals surface area contributed by atoms with E-state index in [0.717, 1.165) is 22.6 Å². The van der Waals surface area contributed by atoms with Gasteiger partial charge in [0, 0.05) is 21.9 Å². The maximum absolute atomic E-state index is 11.3. The van der Waals surface area contributed by atoms with Crippen LogP contribution in [-0.2, 0) is 5.75 Å². The third-order valence-corrected chi connectivity index (χ3v) is 4.06. The van der Waals surface area contributed by atoms with Gasteiger partial charge in [-0.25, -0.2) is 5.84 Å². The average Bonchev–Trinajstić information content (AvgIpc) is 2.48. The quantitative estimate of drug-likeness (QED) is 0.265. The van der Waals surface area contributed by atoms with Gasteiger partial charge in [-0.1, -0.05) is 12.1 Å². The topological polar surface area (TPSA) is 81.1 Å². The number of nitrogens with two attached hydrogens (primary N) is 2. The van der Waals surface area contributed by atoms with Gasteiger partial charge in [-0.2, -0.15) is 0 Å². The predicted molar refractivity (Wildman–Crippen MR) is 83.2 cm³/mol. The molecule has 5 heteroatoms. The Morgan fingerprint density at radius 1 is 1.20 bits per heavy atom. The molecule has 0 spiro atoms. The summed E-state index contributed by atoms with van der Waals surface area (Å²) in [6, 6.07) is 13.4. The second kappa shape index (κ2) is 6.45. The second-order valence-corrected chi connectivity index (χ2v) is 5.53. The van der Waals surface area contributed by atoms with E-state index in [1.54, 1.807) is 23.9 Å². The van der Waals surface area contributed by atoms with Crippen molar-refractivity contribution in [2.24, 2.45) is 5.84 Å². The highest BCUT2D eigenvalue weighted by atomic mass is 32.2. The Morgan fingerprint density at radius 3 is 2.50 bits per heavy atom. The zero-order chi connectivity index (χ0) is 14.5. The zero-order valence-corrected chi connectivity index (χ0v) is 12.0. The van der Waals surface area contributed by atoms with Crippen LogP contribution < -0.4 is 17.0 Å². The number of rotatable bonds is 4. The first-order valence-corrected chi connectivity index (χ1v) is 7.17. The lowest BCUT2D eigenvalue weighted by atomic mass is 10.1. The summed E-state index contributed by atoms with van der Waals surface area (Å²) in [6.07, 6.45) is 0. The Kier molecular flexibility index (Phi) is 4.65. The van der Waals surface area contributed by atoms with Crippen LogP contribution in [-0.4, -0.2) is 5.91 Å². The Labute approximate surface area is 122 Å². The Bertz CT molecular complexity index is 611. The van der Waals surface area contributed by atoms with Crippen molar-refractivity contribution in [2.75, 3.05) is 5.73 Å². The summed E-state index contributed by atoms with van der Waals surface area (Å²) in [5.41, 5.74) is 11.5. The number of carbonyl (C=O) groups is 1. The van der Waals surface area contributed by atoms with Crippen molar-refractivity contribution >= 4 is 23.4 Å². The summed E-state index contributed by atoms with van der Waals surface area (Å²) < 4.78 is 0. The Morgan fingerprint density at radius 2 is 1.90 bits per heavy atom. The van der Waals surface area contributed by atoms with Crippen molar-refractivity contribution in [3.8, 4) is 0 Å². The molecule has 0 heterocycles. The van der Waals surface area contributed by atoms with Gasteiger partial charge in [-0.05, 0) is 48.4 Å². The lowest BCUT2D eigenvalue weighted by molar-refractivity contribution is 0.0953. The maximum atomic E-state index is 11.3. The van der Waals surface area contributed by atoms with Gasteiger partial charge in [-0.15, -0.1) is 11.8 Å². The molecule has 0 unspecified atom stereocenters. The molecule has 0 aliphatic rings. The minimum absolute atomic E-state index is 0.279. The molecule has 0 fully saturated rings. The summed E-state index contributed by atoms with van der Waals surface area (Å²) in [7, 11) is 0. The van der Waals surface area contributed by atoms with Crippen molar-refractivity contribution in [2.45, 2.75) is 17.6 Å². The number of hydrogen-bond donors (Lipinski definition) is 3. The number of thioether (sulfide) groups is 1. The fourth-order valence-electron chi connectivity index (χ4n) is 1.74. The first kappa shape index (κ1) is 14.4. The van der Waals surface area contributed by atoms with Crippen LogP contribution >= 0.6 is 11.8 Å². The number of nitrogen functional groups attached to an aromatic ring is 2. The van der Waals surface area contributed by atoms with E-state index in [2.05, 4.69) is 11.5 Å². The van der Waals surface area contributed by atoms with Gasteiger partial charge >= 0.3 is 0 Å². The highest BCUT2D eigenvalue weighted by molar-refractivity contribution is 7.98. The summed E-state index contributed by atoms with van der Waals surface area (Å²) in [6.45, 7) is 2.00. The number of hydrogen-bond acceptors (Lipinski definition) is 4. The minimum atomic E-state index is -0.279. The molecule has 0 bridgehead atoms. The molecule has 104 valence electrons. The van der Waals surface area contributed by atoms with Gasteiger partial charge in [-0.3, -0.25) is 10.2 Å². The summed E-state index contributed by atoms with van der Waals surface area (Å²) in [5, 5.41) is 0. The smallest absolute Gasteiger partial charge is 0.265 e. The van der Waals surface area contributed by atoms with Crippen LogP contribution in [0.3, 0.4) is 0 Å². The first-order chi connectivity index (χ1) is 9.60. The molecule has 4 nitrogen and oxygen atoms in total. The zero-order valence-electron chi connectivity index (χ0n) is 11.2. The Hall–Kier alpha value is -1.98. The molecule has 20 heavy (non-hydrogen) atoms. The maximum Gasteiger partial charge on any atom is 0.265 e. The van der Waals surface area contributed by atoms with Crippen LogP contribution in [0.5, 0.6) is 0 Å². The van der Waals surface area contributed by atoms with Crippen molar-refractivity contribution in [1.82, 2.24) is 5.43 Å². The van der Waals surface area contributed by atoms with E-state index in [9.17, 15) is 4.79 Å². The lowest BCUT2D eigenvalue weighted by Crippen LogP contribution is -2.29. The van der Waals surface area contributed by atoms with Gasteiger partial charge in [0.15, 0.2) is 0 Å². The third-order valence-electron chi connectivity index (χ3n) is 2.99. The van der Waals surface area contributed by atoms with E-state index in [4.69, 9.17) is 11.6 Å². The van der Waals surface area contributed by atoms with E-state index in [1.807, 2.05) is 31.2 Å². The SMILES string of the molecule is Cc1cc(SCc2ccc(C(=O)NN)cc2)ccc1N. The van der Waals surface area contributed by atoms with Gasteiger partial charge < -0.3 is 5.73 Å². The number of benzene rings is 2. The van der Waals surface area contributed by atoms with Gasteiger partial charge in [0.1, 0.15) is 0 Å². The van der Waals surface area contributed by atoms with Crippen LogP contribution in [0.2, 0.25) is 0 Å². The van der Waals surface area contributed by atoms with E-state index in [-0.39, 0.29) is 5.91 Å². The average molecular weight is 287 g/mol. The fraction of sp³-hybridized carbons (Fsp3) is 0.133. The molecule has 0 atom stereocenters. The van der Waals surface area contributed by atoms with Crippen molar-refractivity contribution in [1.29, 1.82) is 0 Å². The van der Waals surface area contributed by atoms with E-state index in [0.29, 0.717) is 5.56 Å². The van der Waals surface area contributed by atoms with Gasteiger partial charge in [0.05, 0.1) is 0 Å². The molecular formula is C15H17N3OS. The molecule has 2 rings (SSSR count). The predicted octanol–water partition coefficient (Wildman–Crippen LogP) is 2.47. The number of aryl methyl sites for hydroxylation is 1. The normalized spacial score (nSPS) is 10.3. The van der Waals surface area contributed by atoms with E-state index >= 15 is 0 Å². The van der Waals surface area contributed by atoms with Crippen LogP contribution in [0.1, 0.15) is 21.5 Å². The summed E-state index contributed by atoms with van der Waals surface area (Å²) >= 11 is 1.74. The summed E-state index contributed by atoms with van der Waals surface area (Å²) in [5.74, 6) is 5.65. The second-order valence-electron chi connectivity index (χ2n) is 4.48. The number of amides is 1. The number of hydrazine groups is 1. The monoisotopic (exact) mass is 287 g/mol. The standard InChI is InChI=1S/C15H17N3OS/c1-10-8-13(6-7-14(10)16)20-9-11-2-4-12(5-3-11)15(19)18-17/h2-8H,9,16-17H2,1H3,(H,18,19). The van der Waals surface area contributed by atoms with Crippen LogP contribution in [0, 0.1) is 6.92 Å². The molecule has 5 N–H and O–H groups in total. The van der Waals surface area contributed by atoms with Crippen molar-refractivity contribution < 1.29 is 4.79 Å². The summed E-state index contributed by atoms with van der Waals surface area (Å²) in [4.78, 5) is 12.5. The molecule has 2 aromatic carbocycles. The van der Waals surface area contributed by atoms with Gasteiger partial charge in [0.25, 0.3) is 5.91 Å². The third kappa shape index (κ3) is 3.53. The molecule has 0 saturated carbocycles. The highest BCUT2D eigenvalue weighted by Gasteiger charge is 2.03. The molecular weight excluding hydrogens is 270 g/mol. The Balaban J connectivity index is 2.00. The lowest BCUT2D eigenvalue weighted by Gasteiger charge is -2.06. The largest absolute Gasteiger partial charge is 0.399 e. The molecule has 0 aromatic heterocycles. The molecule has 0 saturated heterocycles. The molecule has 0 aliphatic carbocycles. The van der Waals surface area contributed by atoms with Crippen LogP contribution in [0.15, 0.2) is 47.4 Å². The van der Waals surface area contributed by atoms with Crippen molar-refractivity contribution in [3.05, 3.63) is 59.2 Å². The van der Waals surface area contributed by atoms with Crippen LogP contribution in [0.4, 0.5) is 5.69 Å². The number of anilines is 1. The van der Waals surface area contributed by atoms with Crippen molar-refractivity contribution in [3.63, 3.8) is 0 Å². The number of carbonyl (C=O) groups excluding carboxylic acids is 1. The fourth-order valence-corrected chi connectivity index (χ4v) is 2.69. The van der Waals surface area contributed by atoms with E-state index in [1.165, 1.54) is 4.90 Å². The molecule has 0 aliphatic heterocycles. The molecule has 2 aromatic rings. The molecule has 0 radical (unpaired) electrons. The number of nitrogens with one attached hydrogen (secondary N) is 1.